The number of methoxy groups -OCH3 is 2. The Morgan fingerprint density at radius 2 is 2.12 bits per heavy atom. The summed E-state index contributed by atoms with van der Waals surface area (Å²) in [6.45, 7) is 4.20. The highest BCUT2D eigenvalue weighted by molar-refractivity contribution is 5.47. The maximum Gasteiger partial charge on any atom is 0.0928 e. The molecule has 1 rings (SSSR count). The van der Waals surface area contributed by atoms with Crippen LogP contribution in [0.15, 0.2) is 18.2 Å². The van der Waals surface area contributed by atoms with Gasteiger partial charge in [0.05, 0.1) is 12.7 Å². The molecule has 0 aromatic heterocycles. The molecule has 17 heavy (non-hydrogen) atoms. The third-order valence-electron chi connectivity index (χ3n) is 2.72. The smallest absolute Gasteiger partial charge is 0.0928 e. The summed E-state index contributed by atoms with van der Waals surface area (Å²) in [5.74, 6) is 0. The highest BCUT2D eigenvalue weighted by Crippen LogP contribution is 2.12. The van der Waals surface area contributed by atoms with Crippen LogP contribution in [0, 0.1) is 6.92 Å². The van der Waals surface area contributed by atoms with Gasteiger partial charge in [-0.1, -0.05) is 12.1 Å². The highest BCUT2D eigenvalue weighted by atomic mass is 16.5. The van der Waals surface area contributed by atoms with Crippen LogP contribution < -0.4 is 11.1 Å². The molecule has 0 aliphatic carbocycles. The first-order chi connectivity index (χ1) is 8.17. The summed E-state index contributed by atoms with van der Waals surface area (Å²) in [4.78, 5) is 0. The summed E-state index contributed by atoms with van der Waals surface area (Å²) >= 11 is 0. The monoisotopic (exact) mass is 238 g/mol. The Balaban J connectivity index is 2.37. The van der Waals surface area contributed by atoms with E-state index in [1.54, 1.807) is 14.2 Å². The zero-order valence-electron chi connectivity index (χ0n) is 10.8. The summed E-state index contributed by atoms with van der Waals surface area (Å²) < 4.78 is 10.3. The van der Waals surface area contributed by atoms with E-state index in [1.165, 1.54) is 5.56 Å². The molecule has 1 atom stereocenters. The third-order valence-corrected chi connectivity index (χ3v) is 2.72. The maximum absolute atomic E-state index is 5.77. The molecule has 0 fully saturated rings. The second kappa shape index (κ2) is 7.27. The number of nitrogen functional groups attached to an aromatic ring is 1. The summed E-state index contributed by atoms with van der Waals surface area (Å²) in [6.07, 6.45) is 0.0925. The average molecular weight is 238 g/mol. The van der Waals surface area contributed by atoms with Crippen molar-refractivity contribution in [2.75, 3.05) is 33.1 Å². The molecule has 4 heteroatoms. The molecule has 1 aromatic rings. The van der Waals surface area contributed by atoms with E-state index in [2.05, 4.69) is 11.4 Å². The first-order valence-electron chi connectivity index (χ1n) is 5.74. The van der Waals surface area contributed by atoms with Crippen LogP contribution >= 0.6 is 0 Å². The van der Waals surface area contributed by atoms with Gasteiger partial charge in [0.25, 0.3) is 0 Å². The van der Waals surface area contributed by atoms with Gasteiger partial charge in [-0.2, -0.15) is 0 Å². The fourth-order valence-electron chi connectivity index (χ4n) is 1.62. The number of rotatable bonds is 7. The molecule has 3 N–H and O–H groups in total. The van der Waals surface area contributed by atoms with Gasteiger partial charge in [0.1, 0.15) is 0 Å². The van der Waals surface area contributed by atoms with E-state index in [9.17, 15) is 0 Å². The van der Waals surface area contributed by atoms with Gasteiger partial charge in [-0.25, -0.2) is 0 Å². The summed E-state index contributed by atoms with van der Waals surface area (Å²) in [6, 6.07) is 6.07. The Labute approximate surface area is 103 Å². The Morgan fingerprint density at radius 3 is 2.71 bits per heavy atom. The number of hydrogen-bond donors (Lipinski definition) is 2. The van der Waals surface area contributed by atoms with Gasteiger partial charge >= 0.3 is 0 Å². The molecule has 0 radical (unpaired) electrons. The maximum atomic E-state index is 5.77. The van der Waals surface area contributed by atoms with Crippen LogP contribution in [0.25, 0.3) is 0 Å². The molecule has 96 valence electrons. The first kappa shape index (κ1) is 14.0. The van der Waals surface area contributed by atoms with Gasteiger partial charge in [-0.15, -0.1) is 0 Å². The zero-order chi connectivity index (χ0) is 12.7. The van der Waals surface area contributed by atoms with E-state index in [4.69, 9.17) is 15.2 Å². The normalized spacial score (nSPS) is 12.6. The summed E-state index contributed by atoms with van der Waals surface area (Å²) in [5.41, 5.74) is 8.95. The molecule has 0 aliphatic heterocycles. The van der Waals surface area contributed by atoms with Crippen LogP contribution in [-0.2, 0) is 16.0 Å². The Kier molecular flexibility index (Phi) is 5.97. The van der Waals surface area contributed by atoms with Gasteiger partial charge in [0.15, 0.2) is 0 Å². The van der Waals surface area contributed by atoms with Crippen molar-refractivity contribution in [2.45, 2.75) is 19.6 Å². The lowest BCUT2D eigenvalue weighted by Gasteiger charge is -2.15. The average Bonchev–Trinajstić information content (AvgIpc) is 2.32. The molecule has 0 saturated heterocycles. The molecule has 0 aliphatic rings. The molecule has 0 heterocycles. The summed E-state index contributed by atoms with van der Waals surface area (Å²) in [5, 5.41) is 3.34. The van der Waals surface area contributed by atoms with E-state index in [0.29, 0.717) is 6.61 Å². The van der Waals surface area contributed by atoms with Crippen LogP contribution in [0.2, 0.25) is 0 Å². The number of nitrogens with one attached hydrogen (secondary N) is 1. The Morgan fingerprint density at radius 1 is 1.35 bits per heavy atom. The minimum absolute atomic E-state index is 0.0925. The van der Waals surface area contributed by atoms with Crippen molar-refractivity contribution in [2.24, 2.45) is 0 Å². The molecule has 0 bridgehead atoms. The molecule has 0 spiro atoms. The van der Waals surface area contributed by atoms with Crippen molar-refractivity contribution >= 4 is 5.69 Å². The van der Waals surface area contributed by atoms with Crippen LogP contribution in [0.3, 0.4) is 0 Å². The Bertz CT molecular complexity index is 342. The largest absolute Gasteiger partial charge is 0.399 e. The van der Waals surface area contributed by atoms with E-state index < -0.39 is 0 Å². The third kappa shape index (κ3) is 4.73. The number of nitrogens with two attached hydrogens (primary N) is 1. The zero-order valence-corrected chi connectivity index (χ0v) is 10.8. The number of anilines is 1. The molecular formula is C13H22N2O2. The number of benzene rings is 1. The molecule has 4 nitrogen and oxygen atoms in total. The van der Waals surface area contributed by atoms with Crippen LogP contribution in [0.5, 0.6) is 0 Å². The number of aryl methyl sites for hydroxylation is 1. The van der Waals surface area contributed by atoms with Gasteiger partial charge in [-0.05, 0) is 24.1 Å². The van der Waals surface area contributed by atoms with E-state index in [-0.39, 0.29) is 6.10 Å². The number of hydrogen-bond acceptors (Lipinski definition) is 4. The van der Waals surface area contributed by atoms with Crippen LogP contribution in [0.4, 0.5) is 5.69 Å². The molecule has 0 amide bonds. The van der Waals surface area contributed by atoms with Crippen LogP contribution in [-0.4, -0.2) is 33.5 Å². The lowest BCUT2D eigenvalue weighted by Crippen LogP contribution is -2.31. The lowest BCUT2D eigenvalue weighted by molar-refractivity contribution is 0.0288. The van der Waals surface area contributed by atoms with Gasteiger partial charge in [0, 0.05) is 33.0 Å². The van der Waals surface area contributed by atoms with Crippen LogP contribution in [0.1, 0.15) is 11.1 Å². The van der Waals surface area contributed by atoms with Gasteiger partial charge in [-0.3, -0.25) is 0 Å². The molecule has 0 saturated carbocycles. The van der Waals surface area contributed by atoms with Gasteiger partial charge in [0.2, 0.25) is 0 Å². The Hall–Kier alpha value is -1.10. The van der Waals surface area contributed by atoms with E-state index in [1.807, 2.05) is 19.1 Å². The van der Waals surface area contributed by atoms with E-state index in [0.717, 1.165) is 24.3 Å². The van der Waals surface area contributed by atoms with Crippen molar-refractivity contribution in [1.82, 2.24) is 5.32 Å². The standard InChI is InChI=1S/C13H22N2O2/c1-10-6-11(4-5-13(10)14)7-15-8-12(17-3)9-16-2/h4-6,12,15H,7-9,14H2,1-3H3. The van der Waals surface area contributed by atoms with Crippen molar-refractivity contribution in [3.8, 4) is 0 Å². The van der Waals surface area contributed by atoms with Crippen molar-refractivity contribution < 1.29 is 9.47 Å². The van der Waals surface area contributed by atoms with Crippen molar-refractivity contribution in [1.29, 1.82) is 0 Å². The lowest BCUT2D eigenvalue weighted by atomic mass is 10.1. The first-order valence-corrected chi connectivity index (χ1v) is 5.74. The molecular weight excluding hydrogens is 216 g/mol. The topological polar surface area (TPSA) is 56.5 Å². The minimum atomic E-state index is 0.0925. The van der Waals surface area contributed by atoms with Crippen molar-refractivity contribution in [3.05, 3.63) is 29.3 Å². The predicted octanol–water partition coefficient (Wildman–Crippen LogP) is 1.33. The summed E-state index contributed by atoms with van der Waals surface area (Å²) in [7, 11) is 3.37. The predicted molar refractivity (Wildman–Crippen MR) is 70.0 cm³/mol. The second-order valence-corrected chi connectivity index (χ2v) is 4.13. The van der Waals surface area contributed by atoms with Crippen molar-refractivity contribution in [3.63, 3.8) is 0 Å². The van der Waals surface area contributed by atoms with E-state index >= 15 is 0 Å². The molecule has 1 unspecified atom stereocenters. The fourth-order valence-corrected chi connectivity index (χ4v) is 1.62. The SMILES string of the molecule is COCC(CNCc1ccc(N)c(C)c1)OC. The highest BCUT2D eigenvalue weighted by Gasteiger charge is 2.05. The number of ether oxygens (including phenoxy) is 2. The minimum Gasteiger partial charge on any atom is -0.399 e. The quantitative estimate of drug-likeness (QED) is 0.704. The molecule has 1 aromatic carbocycles. The second-order valence-electron chi connectivity index (χ2n) is 4.13. The van der Waals surface area contributed by atoms with Gasteiger partial charge < -0.3 is 20.5 Å². The fraction of sp³-hybridized carbons (Fsp3) is 0.538.